The first-order valence-corrected chi connectivity index (χ1v) is 9.24. The van der Waals surface area contributed by atoms with Gasteiger partial charge >= 0.3 is 0 Å². The van der Waals surface area contributed by atoms with Crippen molar-refractivity contribution in [2.24, 2.45) is 0 Å². The zero-order valence-corrected chi connectivity index (χ0v) is 13.8. The van der Waals surface area contributed by atoms with Crippen LogP contribution in [0.15, 0.2) is 29.2 Å². The van der Waals surface area contributed by atoms with Gasteiger partial charge in [-0.05, 0) is 24.7 Å². The molecule has 2 N–H and O–H groups in total. The van der Waals surface area contributed by atoms with Crippen LogP contribution in [0.25, 0.3) is 0 Å². The summed E-state index contributed by atoms with van der Waals surface area (Å²) in [6.45, 7) is 3.65. The van der Waals surface area contributed by atoms with E-state index in [1.807, 2.05) is 0 Å². The Kier molecular flexibility index (Phi) is 5.94. The summed E-state index contributed by atoms with van der Waals surface area (Å²) >= 11 is 0. The average Bonchev–Trinajstić information content (AvgIpc) is 2.46. The molecule has 1 fully saturated rings. The highest BCUT2D eigenvalue weighted by Gasteiger charge is 2.18. The fourth-order valence-electron chi connectivity index (χ4n) is 2.43. The summed E-state index contributed by atoms with van der Waals surface area (Å²) in [5.41, 5.74) is 0.696. The van der Waals surface area contributed by atoms with Crippen LogP contribution in [0.5, 0.6) is 0 Å². The summed E-state index contributed by atoms with van der Waals surface area (Å²) in [5.74, 6) is 0. The maximum Gasteiger partial charge on any atom is 0.175 e. The molecule has 2 rings (SSSR count). The van der Waals surface area contributed by atoms with E-state index in [4.69, 9.17) is 4.74 Å². The number of sulfone groups is 1. The molecule has 2 atom stereocenters. The van der Waals surface area contributed by atoms with E-state index in [-0.39, 0.29) is 11.0 Å². The Balaban J connectivity index is 1.80. The lowest BCUT2D eigenvalue weighted by atomic mass is 10.1. The molecule has 0 radical (unpaired) electrons. The molecule has 1 aromatic rings. The van der Waals surface area contributed by atoms with Crippen molar-refractivity contribution in [3.8, 4) is 0 Å². The Morgan fingerprint density at radius 3 is 2.68 bits per heavy atom. The molecule has 0 aromatic heterocycles. The normalized spacial score (nSPS) is 21.7. The third-order valence-corrected chi connectivity index (χ3v) is 4.87. The van der Waals surface area contributed by atoms with Crippen molar-refractivity contribution in [3.63, 3.8) is 0 Å². The van der Waals surface area contributed by atoms with Gasteiger partial charge in [0.15, 0.2) is 9.84 Å². The summed E-state index contributed by atoms with van der Waals surface area (Å²) in [6, 6.07) is 6.33. The van der Waals surface area contributed by atoms with Crippen molar-refractivity contribution >= 4 is 9.84 Å². The van der Waals surface area contributed by atoms with Crippen LogP contribution < -0.4 is 5.32 Å². The second-order valence-electron chi connectivity index (χ2n) is 5.77. The fraction of sp³-hybridized carbons (Fsp3) is 0.600. The van der Waals surface area contributed by atoms with E-state index < -0.39 is 15.9 Å². The van der Waals surface area contributed by atoms with E-state index in [9.17, 15) is 13.5 Å². The Bertz CT molecular complexity index is 574. The zero-order chi connectivity index (χ0) is 16.2. The molecule has 1 heterocycles. The van der Waals surface area contributed by atoms with E-state index in [1.54, 1.807) is 12.1 Å². The smallest absolute Gasteiger partial charge is 0.175 e. The summed E-state index contributed by atoms with van der Waals surface area (Å²) < 4.78 is 28.4. The Hall–Kier alpha value is -0.990. The van der Waals surface area contributed by atoms with Crippen molar-refractivity contribution < 1.29 is 18.3 Å². The molecule has 0 aliphatic carbocycles. The SMILES string of the molecule is CN1CCO[C@@H](CNC[C@H](O)c2ccc(S(C)(=O)=O)cc2)C1. The van der Waals surface area contributed by atoms with Crippen molar-refractivity contribution in [2.45, 2.75) is 17.1 Å². The van der Waals surface area contributed by atoms with Crippen LogP contribution in [-0.2, 0) is 14.6 Å². The van der Waals surface area contributed by atoms with Crippen molar-refractivity contribution in [2.75, 3.05) is 46.1 Å². The summed E-state index contributed by atoms with van der Waals surface area (Å²) in [6.07, 6.45) is 0.634. The molecule has 0 amide bonds. The Morgan fingerprint density at radius 2 is 2.09 bits per heavy atom. The molecular formula is C15H24N2O4S. The van der Waals surface area contributed by atoms with Gasteiger partial charge in [-0.15, -0.1) is 0 Å². The topological polar surface area (TPSA) is 78.9 Å². The highest BCUT2D eigenvalue weighted by atomic mass is 32.2. The quantitative estimate of drug-likeness (QED) is 0.768. The van der Waals surface area contributed by atoms with Crippen molar-refractivity contribution in [3.05, 3.63) is 29.8 Å². The Labute approximate surface area is 132 Å². The maximum atomic E-state index is 11.4. The van der Waals surface area contributed by atoms with Gasteiger partial charge in [-0.2, -0.15) is 0 Å². The van der Waals surface area contributed by atoms with Gasteiger partial charge in [0.2, 0.25) is 0 Å². The summed E-state index contributed by atoms with van der Waals surface area (Å²) in [5, 5.41) is 13.3. The fourth-order valence-corrected chi connectivity index (χ4v) is 3.06. The Morgan fingerprint density at radius 1 is 1.41 bits per heavy atom. The molecule has 7 heteroatoms. The summed E-state index contributed by atoms with van der Waals surface area (Å²) in [7, 11) is -1.14. The molecule has 6 nitrogen and oxygen atoms in total. The standard InChI is InChI=1S/C15H24N2O4S/c1-17-7-8-21-13(11-17)9-16-10-15(18)12-3-5-14(6-4-12)22(2,19)20/h3-6,13,15-16,18H,7-11H2,1-2H3/t13-,15-/m0/s1. The lowest BCUT2D eigenvalue weighted by molar-refractivity contribution is -0.0191. The van der Waals surface area contributed by atoms with Gasteiger partial charge in [-0.1, -0.05) is 12.1 Å². The number of rotatable bonds is 6. The van der Waals surface area contributed by atoms with Crippen LogP contribution >= 0.6 is 0 Å². The lowest BCUT2D eigenvalue weighted by Gasteiger charge is -2.30. The predicted molar refractivity (Wildman–Crippen MR) is 84.6 cm³/mol. The number of nitrogens with one attached hydrogen (secondary N) is 1. The number of aliphatic hydroxyl groups is 1. The van der Waals surface area contributed by atoms with Gasteiger partial charge in [-0.3, -0.25) is 0 Å². The number of likely N-dealkylation sites (N-methyl/N-ethyl adjacent to an activating group) is 1. The number of aliphatic hydroxyl groups excluding tert-OH is 1. The molecule has 1 aliphatic heterocycles. The van der Waals surface area contributed by atoms with Gasteiger partial charge in [0.05, 0.1) is 23.7 Å². The number of hydrogen-bond acceptors (Lipinski definition) is 6. The van der Waals surface area contributed by atoms with Crippen LogP contribution in [-0.4, -0.2) is 70.6 Å². The second kappa shape index (κ2) is 7.52. The predicted octanol–water partition coefficient (Wildman–Crippen LogP) is 0.0437. The highest BCUT2D eigenvalue weighted by Crippen LogP contribution is 2.16. The molecule has 0 unspecified atom stereocenters. The summed E-state index contributed by atoms with van der Waals surface area (Å²) in [4.78, 5) is 2.48. The van der Waals surface area contributed by atoms with Gasteiger partial charge in [0, 0.05) is 32.4 Å². The number of ether oxygens (including phenoxy) is 1. The zero-order valence-electron chi connectivity index (χ0n) is 13.0. The van der Waals surface area contributed by atoms with Crippen molar-refractivity contribution in [1.82, 2.24) is 10.2 Å². The third-order valence-electron chi connectivity index (χ3n) is 3.74. The number of benzene rings is 1. The third kappa shape index (κ3) is 5.03. The minimum Gasteiger partial charge on any atom is -0.387 e. The lowest BCUT2D eigenvalue weighted by Crippen LogP contribution is -2.45. The average molecular weight is 328 g/mol. The number of morpholine rings is 1. The maximum absolute atomic E-state index is 11.4. The first-order valence-electron chi connectivity index (χ1n) is 7.35. The highest BCUT2D eigenvalue weighted by molar-refractivity contribution is 7.90. The minimum absolute atomic E-state index is 0.138. The van der Waals surface area contributed by atoms with Crippen LogP contribution in [0, 0.1) is 0 Å². The number of nitrogens with zero attached hydrogens (tertiary/aromatic N) is 1. The molecule has 1 saturated heterocycles. The van der Waals surface area contributed by atoms with E-state index in [2.05, 4.69) is 17.3 Å². The molecular weight excluding hydrogens is 304 g/mol. The molecule has 1 aliphatic rings. The van der Waals surface area contributed by atoms with Crippen LogP contribution in [0.4, 0.5) is 0 Å². The van der Waals surface area contributed by atoms with E-state index in [0.29, 0.717) is 18.7 Å². The van der Waals surface area contributed by atoms with Gasteiger partial charge < -0.3 is 20.1 Å². The molecule has 1 aromatic carbocycles. The largest absolute Gasteiger partial charge is 0.387 e. The van der Waals surface area contributed by atoms with Gasteiger partial charge in [0.25, 0.3) is 0 Å². The molecule has 22 heavy (non-hydrogen) atoms. The van der Waals surface area contributed by atoms with E-state index >= 15 is 0 Å². The van der Waals surface area contributed by atoms with E-state index in [0.717, 1.165) is 19.7 Å². The van der Waals surface area contributed by atoms with Gasteiger partial charge in [0.1, 0.15) is 0 Å². The molecule has 0 saturated carbocycles. The first kappa shape index (κ1) is 17.4. The monoisotopic (exact) mass is 328 g/mol. The van der Waals surface area contributed by atoms with Crippen LogP contribution in [0.1, 0.15) is 11.7 Å². The molecule has 0 spiro atoms. The second-order valence-corrected chi connectivity index (χ2v) is 7.79. The van der Waals surface area contributed by atoms with Crippen LogP contribution in [0.3, 0.4) is 0 Å². The first-order chi connectivity index (χ1) is 10.4. The van der Waals surface area contributed by atoms with Crippen molar-refractivity contribution in [1.29, 1.82) is 0 Å². The van der Waals surface area contributed by atoms with Gasteiger partial charge in [-0.25, -0.2) is 8.42 Å². The van der Waals surface area contributed by atoms with E-state index in [1.165, 1.54) is 18.4 Å². The molecule has 0 bridgehead atoms. The molecule has 124 valence electrons. The minimum atomic E-state index is -3.20. The van der Waals surface area contributed by atoms with Crippen LogP contribution in [0.2, 0.25) is 0 Å². The number of hydrogen-bond donors (Lipinski definition) is 2.